The van der Waals surface area contributed by atoms with E-state index in [-0.39, 0.29) is 10.8 Å². The molecule has 2 heterocycles. The third-order valence-electron chi connectivity index (χ3n) is 4.12. The van der Waals surface area contributed by atoms with Crippen molar-refractivity contribution in [1.82, 2.24) is 19.4 Å². The number of nitrogens with zero attached hydrogens (tertiary/aromatic N) is 4. The monoisotopic (exact) mass is 384 g/mol. The fourth-order valence-electron chi connectivity index (χ4n) is 2.64. The molecule has 1 fully saturated rings. The highest BCUT2D eigenvalue weighted by Gasteiger charge is 2.29. The third-order valence-corrected chi connectivity index (χ3v) is 6.28. The van der Waals surface area contributed by atoms with Crippen molar-refractivity contribution in [2.45, 2.75) is 31.2 Å². The lowest BCUT2D eigenvalue weighted by atomic mass is 10.2. The van der Waals surface area contributed by atoms with Gasteiger partial charge in [-0.15, -0.1) is 10.2 Å². The van der Waals surface area contributed by atoms with Crippen LogP contribution in [0, 0.1) is 0 Å². The van der Waals surface area contributed by atoms with Gasteiger partial charge in [-0.1, -0.05) is 25.4 Å². The summed E-state index contributed by atoms with van der Waals surface area (Å²) in [7, 11) is -3.49. The molecule has 0 atom stereocenters. The topological polar surface area (TPSA) is 79.5 Å². The Hall–Kier alpha value is -1.48. The van der Waals surface area contributed by atoms with Crippen molar-refractivity contribution in [2.24, 2.45) is 0 Å². The van der Waals surface area contributed by atoms with Gasteiger partial charge >= 0.3 is 0 Å². The Morgan fingerprint density at radius 1 is 1.12 bits per heavy atom. The first kappa shape index (κ1) is 18.3. The molecule has 0 aliphatic carbocycles. The molecule has 0 N–H and O–H groups in total. The number of sulfonamides is 1. The highest BCUT2D eigenvalue weighted by Crippen LogP contribution is 2.20. The van der Waals surface area contributed by atoms with Crippen LogP contribution >= 0.6 is 11.6 Å². The van der Waals surface area contributed by atoms with Crippen molar-refractivity contribution in [1.29, 1.82) is 0 Å². The van der Waals surface area contributed by atoms with Crippen LogP contribution in [0.4, 0.5) is 0 Å². The first-order valence-corrected chi connectivity index (χ1v) is 9.98. The molecule has 0 unspecified atom stereocenters. The Morgan fingerprint density at radius 2 is 1.76 bits per heavy atom. The zero-order chi connectivity index (χ0) is 18.0. The van der Waals surface area contributed by atoms with Crippen molar-refractivity contribution >= 4 is 21.6 Å². The van der Waals surface area contributed by atoms with E-state index in [9.17, 15) is 8.42 Å². The second-order valence-corrected chi connectivity index (χ2v) is 8.70. The van der Waals surface area contributed by atoms with Gasteiger partial charge in [0, 0.05) is 37.1 Å². The summed E-state index contributed by atoms with van der Waals surface area (Å²) in [6.07, 6.45) is 0. The lowest BCUT2D eigenvalue weighted by molar-refractivity contribution is 0.167. The quantitative estimate of drug-likeness (QED) is 0.787. The molecule has 3 rings (SSSR count). The van der Waals surface area contributed by atoms with Gasteiger partial charge in [-0.2, -0.15) is 4.31 Å². The molecular weight excluding hydrogens is 364 g/mol. The van der Waals surface area contributed by atoms with Crippen LogP contribution in [-0.4, -0.2) is 54.0 Å². The maximum Gasteiger partial charge on any atom is 0.243 e. The smallest absolute Gasteiger partial charge is 0.243 e. The third kappa shape index (κ3) is 4.20. The van der Waals surface area contributed by atoms with E-state index in [0.717, 1.165) is 0 Å². The first-order valence-electron chi connectivity index (χ1n) is 8.16. The van der Waals surface area contributed by atoms with Gasteiger partial charge in [0.2, 0.25) is 21.8 Å². The van der Waals surface area contributed by atoms with E-state index in [4.69, 9.17) is 16.0 Å². The van der Waals surface area contributed by atoms with Crippen molar-refractivity contribution in [3.8, 4) is 0 Å². The van der Waals surface area contributed by atoms with Crippen molar-refractivity contribution in [3.05, 3.63) is 41.1 Å². The Balaban J connectivity index is 1.60. The Labute approximate surface area is 152 Å². The van der Waals surface area contributed by atoms with E-state index in [1.165, 1.54) is 16.4 Å². The average Bonchev–Trinajstić information content (AvgIpc) is 3.04. The zero-order valence-corrected chi connectivity index (χ0v) is 15.8. The number of hydrogen-bond acceptors (Lipinski definition) is 6. The van der Waals surface area contributed by atoms with Gasteiger partial charge in [-0.05, 0) is 24.3 Å². The maximum atomic E-state index is 12.7. The summed E-state index contributed by atoms with van der Waals surface area (Å²) in [6.45, 7) is 6.62. The first-order chi connectivity index (χ1) is 11.9. The maximum absolute atomic E-state index is 12.7. The molecule has 0 radical (unpaired) electrons. The molecule has 0 bridgehead atoms. The Morgan fingerprint density at radius 3 is 2.32 bits per heavy atom. The van der Waals surface area contributed by atoms with Gasteiger partial charge in [-0.3, -0.25) is 4.90 Å². The minimum absolute atomic E-state index is 0.197. The van der Waals surface area contributed by atoms with Crippen LogP contribution in [0.3, 0.4) is 0 Å². The van der Waals surface area contributed by atoms with Gasteiger partial charge in [0.15, 0.2) is 0 Å². The largest absolute Gasteiger partial charge is 0.424 e. The molecule has 0 saturated carbocycles. The molecule has 0 spiro atoms. The van der Waals surface area contributed by atoms with Gasteiger partial charge in [0.1, 0.15) is 0 Å². The van der Waals surface area contributed by atoms with Crippen LogP contribution in [0.15, 0.2) is 33.6 Å². The molecule has 1 saturated heterocycles. The Bertz CT molecular complexity index is 812. The summed E-state index contributed by atoms with van der Waals surface area (Å²) >= 11 is 5.83. The van der Waals surface area contributed by atoms with Crippen LogP contribution in [0.5, 0.6) is 0 Å². The fourth-order valence-corrected chi connectivity index (χ4v) is 4.19. The lowest BCUT2D eigenvalue weighted by Crippen LogP contribution is -2.48. The fraction of sp³-hybridized carbons (Fsp3) is 0.500. The van der Waals surface area contributed by atoms with Gasteiger partial charge in [0.05, 0.1) is 11.4 Å². The number of benzene rings is 1. The number of hydrogen-bond donors (Lipinski definition) is 0. The van der Waals surface area contributed by atoms with Crippen LogP contribution in [0.25, 0.3) is 0 Å². The van der Waals surface area contributed by atoms with Crippen molar-refractivity contribution in [2.75, 3.05) is 26.2 Å². The molecular formula is C16H21ClN4O3S. The van der Waals surface area contributed by atoms with Gasteiger partial charge < -0.3 is 4.42 Å². The minimum Gasteiger partial charge on any atom is -0.424 e. The molecule has 136 valence electrons. The number of halogens is 1. The number of rotatable bonds is 5. The standard InChI is InChI=1S/C16H21ClN4O3S/c1-12(2)16-19-18-15(24-16)11-20-7-9-21(10-8-20)25(22,23)14-5-3-13(17)4-6-14/h3-6,12H,7-11H2,1-2H3. The van der Waals surface area contributed by atoms with Crippen LogP contribution < -0.4 is 0 Å². The van der Waals surface area contributed by atoms with E-state index >= 15 is 0 Å². The number of piperazine rings is 1. The molecule has 25 heavy (non-hydrogen) atoms. The normalized spacial score (nSPS) is 17.3. The SMILES string of the molecule is CC(C)c1nnc(CN2CCN(S(=O)(=O)c3ccc(Cl)cc3)CC2)o1. The highest BCUT2D eigenvalue weighted by atomic mass is 35.5. The summed E-state index contributed by atoms with van der Waals surface area (Å²) in [4.78, 5) is 2.38. The molecule has 1 aliphatic heterocycles. The molecule has 2 aromatic rings. The predicted octanol–water partition coefficient (Wildman–Crippen LogP) is 2.35. The van der Waals surface area contributed by atoms with E-state index in [0.29, 0.717) is 49.5 Å². The number of aromatic nitrogens is 2. The lowest BCUT2D eigenvalue weighted by Gasteiger charge is -2.33. The molecule has 9 heteroatoms. The zero-order valence-electron chi connectivity index (χ0n) is 14.2. The van der Waals surface area contributed by atoms with Crippen molar-refractivity contribution < 1.29 is 12.8 Å². The molecule has 1 aromatic heterocycles. The van der Waals surface area contributed by atoms with Crippen LogP contribution in [0.2, 0.25) is 5.02 Å². The van der Waals surface area contributed by atoms with E-state index in [2.05, 4.69) is 15.1 Å². The minimum atomic E-state index is -3.49. The highest BCUT2D eigenvalue weighted by molar-refractivity contribution is 7.89. The molecule has 1 aromatic carbocycles. The van der Waals surface area contributed by atoms with Gasteiger partial charge in [0.25, 0.3) is 0 Å². The second kappa shape index (κ2) is 7.41. The summed E-state index contributed by atoms with van der Waals surface area (Å²) in [5.74, 6) is 1.39. The summed E-state index contributed by atoms with van der Waals surface area (Å²) in [5.41, 5.74) is 0. The predicted molar refractivity (Wildman–Crippen MR) is 93.9 cm³/mol. The summed E-state index contributed by atoms with van der Waals surface area (Å²) in [6, 6.07) is 6.25. The van der Waals surface area contributed by atoms with E-state index in [1.54, 1.807) is 12.1 Å². The van der Waals surface area contributed by atoms with Crippen LogP contribution in [0.1, 0.15) is 31.5 Å². The second-order valence-electron chi connectivity index (χ2n) is 6.32. The molecule has 0 amide bonds. The summed E-state index contributed by atoms with van der Waals surface area (Å²) < 4.78 is 32.4. The average molecular weight is 385 g/mol. The Kier molecular flexibility index (Phi) is 5.43. The van der Waals surface area contributed by atoms with E-state index < -0.39 is 10.0 Å². The van der Waals surface area contributed by atoms with Gasteiger partial charge in [-0.25, -0.2) is 8.42 Å². The van der Waals surface area contributed by atoms with E-state index in [1.807, 2.05) is 13.8 Å². The van der Waals surface area contributed by atoms with Crippen molar-refractivity contribution in [3.63, 3.8) is 0 Å². The molecule has 7 nitrogen and oxygen atoms in total. The van der Waals surface area contributed by atoms with Crippen LogP contribution in [-0.2, 0) is 16.6 Å². The summed E-state index contributed by atoms with van der Waals surface area (Å²) in [5, 5.41) is 8.59. The molecule has 1 aliphatic rings.